The van der Waals surface area contributed by atoms with Crippen LogP contribution in [0.3, 0.4) is 0 Å². The largest absolute Gasteiger partial charge is 0.481 e. The fourth-order valence-electron chi connectivity index (χ4n) is 8.60. The summed E-state index contributed by atoms with van der Waals surface area (Å²) in [5.41, 5.74) is 6.44. The number of aliphatic hydroxyl groups is 1. The van der Waals surface area contributed by atoms with E-state index >= 15 is 4.39 Å². The number of carboxylic acids is 1. The highest BCUT2D eigenvalue weighted by atomic mass is 19.1. The molecule has 2 aromatic carbocycles. The summed E-state index contributed by atoms with van der Waals surface area (Å²) < 4.78 is 22.1. The zero-order chi connectivity index (χ0) is 46.0. The highest BCUT2D eigenvalue weighted by Gasteiger charge is 2.46. The molecule has 5 amide bonds. The van der Waals surface area contributed by atoms with Gasteiger partial charge in [-0.1, -0.05) is 37.3 Å². The number of rotatable bonds is 16. The number of carbonyl (C=O) groups is 7. The number of nitrogens with one attached hydrogen (secondary N) is 5. The van der Waals surface area contributed by atoms with Gasteiger partial charge in [0.15, 0.2) is 5.60 Å². The molecule has 0 saturated carbocycles. The van der Waals surface area contributed by atoms with Crippen LogP contribution in [0.4, 0.5) is 4.39 Å². The van der Waals surface area contributed by atoms with Gasteiger partial charge in [0.05, 0.1) is 54.7 Å². The maximum absolute atomic E-state index is 15.4. The molecule has 0 unspecified atom stereocenters. The van der Waals surface area contributed by atoms with E-state index < -0.39 is 96.1 Å². The molecule has 9 N–H and O–H groups in total. The van der Waals surface area contributed by atoms with E-state index in [9.17, 15) is 48.6 Å². The highest BCUT2D eigenvalue weighted by molar-refractivity contribution is 5.96. The number of aromatic nitrogens is 2. The van der Waals surface area contributed by atoms with E-state index in [1.54, 1.807) is 44.2 Å². The Morgan fingerprint density at radius 3 is 2.36 bits per heavy atom. The Hall–Kier alpha value is -7.06. The molecule has 4 heterocycles. The van der Waals surface area contributed by atoms with Gasteiger partial charge in [0.25, 0.3) is 5.56 Å². The number of aliphatic carboxylic acids is 1. The van der Waals surface area contributed by atoms with Crippen LogP contribution in [0.1, 0.15) is 77.6 Å². The number of carboxylic acid groups (broad SMARTS) is 1. The number of nitrogens with two attached hydrogens (primary N) is 1. The first kappa shape index (κ1) is 45.0. The van der Waals surface area contributed by atoms with Gasteiger partial charge in [-0.05, 0) is 60.9 Å². The van der Waals surface area contributed by atoms with E-state index in [0.717, 1.165) is 0 Å². The number of hydrogen-bond donors (Lipinski definition) is 8. The Morgan fingerprint density at radius 2 is 1.67 bits per heavy atom. The van der Waals surface area contributed by atoms with Crippen molar-refractivity contribution in [3.05, 3.63) is 97.6 Å². The Kier molecular flexibility index (Phi) is 12.9. The standard InChI is InChI=1S/C44H47FN8O11/c1-3-44(63)26-14-32-39-24(19-53(32)42(61)25(26)20-64-43(44)62)38-28(10-9-23-21(2)27(45)15-30(51-39)37(23)38)52-41(60)29(11-12-36(57)58)49-35(56)18-48-40(59)31(13-22-7-5-4-6-8-22)50-34(55)17-47-33(54)16-46/h4-8,14-15,28-29,31,63H,3,9-13,16-20,46H2,1-2H3,(H,47,54)(H,48,59)(H,49,56)(H,50,55)(H,52,60)(H,57,58)/t28-,29-,31-,44-/m0/s1. The average molecular weight is 883 g/mol. The Bertz CT molecular complexity index is 2670. The molecule has 2 aromatic heterocycles. The van der Waals surface area contributed by atoms with Crippen LogP contribution in [0.25, 0.3) is 22.3 Å². The molecule has 1 aliphatic carbocycles. The fourth-order valence-corrected chi connectivity index (χ4v) is 8.60. The molecule has 0 bridgehead atoms. The third kappa shape index (κ3) is 8.78. The van der Waals surface area contributed by atoms with Crippen molar-refractivity contribution in [2.45, 2.75) is 89.3 Å². The van der Waals surface area contributed by atoms with Gasteiger partial charge in [0.1, 0.15) is 24.5 Å². The summed E-state index contributed by atoms with van der Waals surface area (Å²) in [5.74, 6) is -6.30. The molecule has 19 nitrogen and oxygen atoms in total. The predicted molar refractivity (Wildman–Crippen MR) is 224 cm³/mol. The molecule has 20 heteroatoms. The summed E-state index contributed by atoms with van der Waals surface area (Å²) in [7, 11) is 0. The molecule has 0 saturated heterocycles. The molecular weight excluding hydrogens is 836 g/mol. The highest BCUT2D eigenvalue weighted by Crippen LogP contribution is 2.46. The van der Waals surface area contributed by atoms with Crippen LogP contribution >= 0.6 is 0 Å². The molecule has 7 rings (SSSR count). The van der Waals surface area contributed by atoms with Gasteiger partial charge in [-0.3, -0.25) is 33.6 Å². The maximum atomic E-state index is 15.4. The summed E-state index contributed by atoms with van der Waals surface area (Å²) in [6, 6.07) is 8.09. The number of hydrogen-bond acceptors (Lipinski definition) is 12. The van der Waals surface area contributed by atoms with Gasteiger partial charge in [-0.15, -0.1) is 0 Å². The van der Waals surface area contributed by atoms with Crippen molar-refractivity contribution in [2.75, 3.05) is 19.6 Å². The molecule has 3 aliphatic rings. The van der Waals surface area contributed by atoms with Crippen molar-refractivity contribution in [1.82, 2.24) is 36.1 Å². The normalized spacial score (nSPS) is 17.8. The molecule has 0 spiro atoms. The van der Waals surface area contributed by atoms with Crippen molar-refractivity contribution in [2.24, 2.45) is 5.73 Å². The molecule has 64 heavy (non-hydrogen) atoms. The predicted octanol–water partition coefficient (Wildman–Crippen LogP) is -0.101. The van der Waals surface area contributed by atoms with E-state index in [-0.39, 0.29) is 73.4 Å². The minimum absolute atomic E-state index is 0.0221. The van der Waals surface area contributed by atoms with Crippen LogP contribution in [0, 0.1) is 12.7 Å². The SMILES string of the molecule is CC[C@@]1(O)C(=O)OCc2c1cc1n(c2=O)Cc2c-1nc1cc(F)c(C)c3c1c2[C@@H](NC(=O)[C@H](CCC(=O)O)NC(=O)CNC(=O)[C@H](Cc1ccccc1)NC(=O)CNC(=O)CN)CC3. The molecule has 4 atom stereocenters. The Morgan fingerprint density at radius 1 is 0.969 bits per heavy atom. The summed E-state index contributed by atoms with van der Waals surface area (Å²) in [6.45, 7) is 1.36. The van der Waals surface area contributed by atoms with Crippen LogP contribution in [-0.4, -0.2) is 93.0 Å². The number of pyridine rings is 2. The first-order chi connectivity index (χ1) is 30.5. The quantitative estimate of drug-likeness (QED) is 0.0602. The lowest BCUT2D eigenvalue weighted by Gasteiger charge is -2.31. The first-order valence-electron chi connectivity index (χ1n) is 20.7. The lowest BCUT2D eigenvalue weighted by Crippen LogP contribution is -2.54. The van der Waals surface area contributed by atoms with Crippen molar-refractivity contribution < 1.29 is 52.9 Å². The monoisotopic (exact) mass is 882 g/mol. The van der Waals surface area contributed by atoms with Crippen molar-refractivity contribution in [3.8, 4) is 11.4 Å². The number of halogens is 1. The topological polar surface area (TPSA) is 290 Å². The third-order valence-electron chi connectivity index (χ3n) is 12.0. The summed E-state index contributed by atoms with van der Waals surface area (Å²) in [5, 5.41) is 34.3. The number of fused-ring (bicyclic) bond motifs is 5. The number of cyclic esters (lactones) is 1. The smallest absolute Gasteiger partial charge is 0.343 e. The van der Waals surface area contributed by atoms with Gasteiger partial charge in [0, 0.05) is 35.4 Å². The third-order valence-corrected chi connectivity index (χ3v) is 12.0. The number of benzene rings is 2. The van der Waals surface area contributed by atoms with Gasteiger partial charge in [-0.2, -0.15) is 0 Å². The number of esters is 1. The zero-order valence-corrected chi connectivity index (χ0v) is 35.0. The average Bonchev–Trinajstić information content (AvgIpc) is 3.65. The molecule has 0 radical (unpaired) electrons. The van der Waals surface area contributed by atoms with Crippen LogP contribution < -0.4 is 37.9 Å². The second-order valence-corrected chi connectivity index (χ2v) is 16.0. The molecule has 336 valence electrons. The summed E-state index contributed by atoms with van der Waals surface area (Å²) >= 11 is 0. The summed E-state index contributed by atoms with van der Waals surface area (Å²) in [6.07, 6.45) is -0.364. The van der Waals surface area contributed by atoms with Gasteiger partial charge < -0.3 is 51.8 Å². The Labute approximate surface area is 364 Å². The van der Waals surface area contributed by atoms with E-state index in [1.807, 2.05) is 0 Å². The Balaban J connectivity index is 1.14. The van der Waals surface area contributed by atoms with Crippen molar-refractivity contribution in [1.29, 1.82) is 0 Å². The van der Waals surface area contributed by atoms with Crippen molar-refractivity contribution in [3.63, 3.8) is 0 Å². The zero-order valence-electron chi connectivity index (χ0n) is 35.0. The molecule has 4 aromatic rings. The van der Waals surface area contributed by atoms with Crippen LogP contribution in [0.5, 0.6) is 0 Å². The lowest BCUT2D eigenvalue weighted by molar-refractivity contribution is -0.172. The van der Waals surface area contributed by atoms with Gasteiger partial charge in [-0.25, -0.2) is 14.2 Å². The second-order valence-electron chi connectivity index (χ2n) is 16.0. The van der Waals surface area contributed by atoms with Crippen LogP contribution in [-0.2, 0) is 69.9 Å². The van der Waals surface area contributed by atoms with Crippen LogP contribution in [0.15, 0.2) is 47.3 Å². The van der Waals surface area contributed by atoms with E-state index in [2.05, 4.69) is 26.6 Å². The minimum Gasteiger partial charge on any atom is -0.481 e. The van der Waals surface area contributed by atoms with Gasteiger partial charge >= 0.3 is 11.9 Å². The second kappa shape index (κ2) is 18.3. The molecule has 2 aliphatic heterocycles. The van der Waals surface area contributed by atoms with E-state index in [1.165, 1.54) is 16.7 Å². The molecular formula is C44H47FN8O11. The number of nitrogens with zero attached hydrogens (tertiary/aromatic N) is 2. The van der Waals surface area contributed by atoms with Crippen molar-refractivity contribution >= 4 is 52.4 Å². The maximum Gasteiger partial charge on any atom is 0.343 e. The number of carbonyl (C=O) groups excluding carboxylic acids is 6. The minimum atomic E-state index is -2.09. The fraction of sp³-hybridized carbons (Fsp3) is 0.386. The summed E-state index contributed by atoms with van der Waals surface area (Å²) in [4.78, 5) is 109. The number of aryl methyl sites for hydroxylation is 1. The van der Waals surface area contributed by atoms with E-state index in [0.29, 0.717) is 39.6 Å². The van der Waals surface area contributed by atoms with E-state index in [4.69, 9.17) is 15.5 Å². The lowest BCUT2D eigenvalue weighted by atomic mass is 9.81. The number of amides is 5. The van der Waals surface area contributed by atoms with Crippen LogP contribution in [0.2, 0.25) is 0 Å². The molecule has 0 fully saturated rings. The number of ether oxygens (including phenoxy) is 1. The van der Waals surface area contributed by atoms with Gasteiger partial charge in [0.2, 0.25) is 29.5 Å². The first-order valence-corrected chi connectivity index (χ1v) is 20.7.